The molecule has 2 aromatic carbocycles. The second-order valence-electron chi connectivity index (χ2n) is 5.06. The van der Waals surface area contributed by atoms with E-state index in [1.165, 1.54) is 0 Å². The van der Waals surface area contributed by atoms with Gasteiger partial charge in [0.05, 0.1) is 6.42 Å². The van der Waals surface area contributed by atoms with Crippen LogP contribution in [0.5, 0.6) is 5.75 Å². The number of halogens is 2. The van der Waals surface area contributed by atoms with E-state index in [0.717, 1.165) is 11.1 Å². The molecule has 24 heavy (non-hydrogen) atoms. The summed E-state index contributed by atoms with van der Waals surface area (Å²) in [7, 11) is 0. The van der Waals surface area contributed by atoms with Gasteiger partial charge in [-0.1, -0.05) is 35.3 Å². The van der Waals surface area contributed by atoms with Gasteiger partial charge >= 0.3 is 5.97 Å². The third-order valence-corrected chi connectivity index (χ3v) is 3.46. The Balaban J connectivity index is 1.94. The lowest BCUT2D eigenvalue weighted by Gasteiger charge is -2.09. The van der Waals surface area contributed by atoms with E-state index in [1.54, 1.807) is 42.5 Å². The number of carboxylic acids is 1. The molecular weight excluding hydrogens is 353 g/mol. The first-order valence-corrected chi connectivity index (χ1v) is 7.83. The molecule has 0 spiro atoms. The Morgan fingerprint density at radius 3 is 2.42 bits per heavy atom. The molecule has 0 heterocycles. The molecule has 0 unspecified atom stereocenters. The highest BCUT2D eigenvalue weighted by Gasteiger charge is 2.07. The lowest BCUT2D eigenvalue weighted by molar-refractivity contribution is -0.137. The fourth-order valence-corrected chi connectivity index (χ4v) is 2.60. The molecule has 5 nitrogen and oxygen atoms in total. The molecule has 0 aliphatic carbocycles. The Kier molecular flexibility index (Phi) is 6.46. The maximum atomic E-state index is 11.6. The second-order valence-corrected chi connectivity index (χ2v) is 5.93. The molecule has 0 atom stereocenters. The Morgan fingerprint density at radius 2 is 1.75 bits per heavy atom. The molecule has 0 aromatic heterocycles. The largest absolute Gasteiger partial charge is 0.489 e. The number of carbonyl (C=O) groups excluding carboxylic acids is 1. The standard InChI is InChI=1S/C17H15Cl2NO4/c18-13-4-12(5-14(19)8-13)10-24-15-3-1-2-11(6-15)7-16(21)20-9-17(22)23/h1-6,8H,7,9-10H2,(H,20,21)(H,22,23). The zero-order valence-corrected chi connectivity index (χ0v) is 14.1. The van der Waals surface area contributed by atoms with Crippen LogP contribution in [0, 0.1) is 0 Å². The zero-order chi connectivity index (χ0) is 17.5. The average Bonchev–Trinajstić information content (AvgIpc) is 2.50. The predicted molar refractivity (Wildman–Crippen MR) is 91.6 cm³/mol. The van der Waals surface area contributed by atoms with E-state index >= 15 is 0 Å². The van der Waals surface area contributed by atoms with Crippen molar-refractivity contribution < 1.29 is 19.4 Å². The van der Waals surface area contributed by atoms with Crippen molar-refractivity contribution >= 4 is 35.1 Å². The maximum Gasteiger partial charge on any atom is 0.322 e. The molecule has 0 bridgehead atoms. The first-order chi connectivity index (χ1) is 11.4. The van der Waals surface area contributed by atoms with Gasteiger partial charge in [-0.3, -0.25) is 9.59 Å². The van der Waals surface area contributed by atoms with Crippen LogP contribution in [0.1, 0.15) is 11.1 Å². The van der Waals surface area contributed by atoms with Gasteiger partial charge in [-0.05, 0) is 41.5 Å². The third kappa shape index (κ3) is 6.10. The van der Waals surface area contributed by atoms with Crippen LogP contribution in [-0.4, -0.2) is 23.5 Å². The van der Waals surface area contributed by atoms with Crippen molar-refractivity contribution in [1.82, 2.24) is 5.32 Å². The zero-order valence-electron chi connectivity index (χ0n) is 12.6. The quantitative estimate of drug-likeness (QED) is 0.786. The number of carboxylic acid groups (broad SMARTS) is 1. The van der Waals surface area contributed by atoms with Crippen LogP contribution in [-0.2, 0) is 22.6 Å². The van der Waals surface area contributed by atoms with Crippen molar-refractivity contribution in [3.05, 3.63) is 63.6 Å². The fraction of sp³-hybridized carbons (Fsp3) is 0.176. The highest BCUT2D eigenvalue weighted by Crippen LogP contribution is 2.21. The Hall–Kier alpha value is -2.24. The molecule has 0 fully saturated rings. The Labute approximate surface area is 149 Å². The van der Waals surface area contributed by atoms with Gasteiger partial charge in [-0.25, -0.2) is 0 Å². The lowest BCUT2D eigenvalue weighted by Crippen LogP contribution is -2.30. The number of aliphatic carboxylic acids is 1. The second kappa shape index (κ2) is 8.57. The molecule has 0 saturated carbocycles. The summed E-state index contributed by atoms with van der Waals surface area (Å²) in [4.78, 5) is 22.1. The normalized spacial score (nSPS) is 10.2. The topological polar surface area (TPSA) is 75.6 Å². The molecular formula is C17H15Cl2NO4. The molecule has 2 rings (SSSR count). The number of nitrogens with one attached hydrogen (secondary N) is 1. The van der Waals surface area contributed by atoms with Gasteiger partial charge < -0.3 is 15.2 Å². The van der Waals surface area contributed by atoms with E-state index in [2.05, 4.69) is 5.32 Å². The number of rotatable bonds is 7. The highest BCUT2D eigenvalue weighted by atomic mass is 35.5. The van der Waals surface area contributed by atoms with Crippen LogP contribution in [0.3, 0.4) is 0 Å². The minimum Gasteiger partial charge on any atom is -0.489 e. The number of hydrogen-bond donors (Lipinski definition) is 2. The van der Waals surface area contributed by atoms with E-state index < -0.39 is 12.5 Å². The SMILES string of the molecule is O=C(O)CNC(=O)Cc1cccc(OCc2cc(Cl)cc(Cl)c2)c1. The predicted octanol–water partition coefficient (Wildman–Crippen LogP) is 3.32. The number of amides is 1. The summed E-state index contributed by atoms with van der Waals surface area (Å²) >= 11 is 11.9. The van der Waals surface area contributed by atoms with E-state index in [1.807, 2.05) is 0 Å². The van der Waals surface area contributed by atoms with Crippen molar-refractivity contribution in [3.63, 3.8) is 0 Å². The van der Waals surface area contributed by atoms with Gasteiger partial charge in [0.1, 0.15) is 18.9 Å². The van der Waals surface area contributed by atoms with Crippen LogP contribution < -0.4 is 10.1 Å². The number of carbonyl (C=O) groups is 2. The van der Waals surface area contributed by atoms with Crippen LogP contribution >= 0.6 is 23.2 Å². The summed E-state index contributed by atoms with van der Waals surface area (Å²) in [6.07, 6.45) is 0.0769. The number of benzene rings is 2. The van der Waals surface area contributed by atoms with Crippen molar-refractivity contribution in [2.75, 3.05) is 6.54 Å². The summed E-state index contributed by atoms with van der Waals surface area (Å²) in [6.45, 7) is -0.112. The molecule has 0 saturated heterocycles. The molecule has 126 valence electrons. The molecule has 2 aromatic rings. The van der Waals surface area contributed by atoms with Gasteiger partial charge in [0.25, 0.3) is 0 Å². The first kappa shape index (κ1) is 18.1. The molecule has 0 radical (unpaired) electrons. The Bertz CT molecular complexity index is 729. The summed E-state index contributed by atoms with van der Waals surface area (Å²) in [5, 5.41) is 11.9. The molecule has 0 aliphatic rings. The van der Waals surface area contributed by atoms with E-state index in [-0.39, 0.29) is 18.9 Å². The third-order valence-electron chi connectivity index (χ3n) is 3.03. The smallest absolute Gasteiger partial charge is 0.322 e. The van der Waals surface area contributed by atoms with Gasteiger partial charge in [0.2, 0.25) is 5.91 Å². The highest BCUT2D eigenvalue weighted by molar-refractivity contribution is 6.34. The summed E-state index contributed by atoms with van der Waals surface area (Å²) in [6, 6.07) is 12.2. The van der Waals surface area contributed by atoms with Gasteiger partial charge in [-0.2, -0.15) is 0 Å². The van der Waals surface area contributed by atoms with Crippen LogP contribution in [0.4, 0.5) is 0 Å². The minimum atomic E-state index is -1.08. The van der Waals surface area contributed by atoms with E-state index in [9.17, 15) is 9.59 Å². The molecule has 7 heteroatoms. The van der Waals surface area contributed by atoms with Gasteiger partial charge in [0.15, 0.2) is 0 Å². The lowest BCUT2D eigenvalue weighted by atomic mass is 10.1. The summed E-state index contributed by atoms with van der Waals surface area (Å²) < 4.78 is 5.68. The molecule has 0 aliphatic heterocycles. The van der Waals surface area contributed by atoms with Crippen molar-refractivity contribution in [2.24, 2.45) is 0 Å². The first-order valence-electron chi connectivity index (χ1n) is 7.07. The van der Waals surface area contributed by atoms with Crippen molar-refractivity contribution in [3.8, 4) is 5.75 Å². The monoisotopic (exact) mass is 367 g/mol. The molecule has 2 N–H and O–H groups in total. The van der Waals surface area contributed by atoms with Crippen LogP contribution in [0.25, 0.3) is 0 Å². The van der Waals surface area contributed by atoms with Gasteiger partial charge in [-0.15, -0.1) is 0 Å². The van der Waals surface area contributed by atoms with E-state index in [4.69, 9.17) is 33.0 Å². The average molecular weight is 368 g/mol. The van der Waals surface area contributed by atoms with Crippen LogP contribution in [0.15, 0.2) is 42.5 Å². The fourth-order valence-electron chi connectivity index (χ4n) is 2.03. The van der Waals surface area contributed by atoms with Gasteiger partial charge in [0, 0.05) is 10.0 Å². The summed E-state index contributed by atoms with van der Waals surface area (Å²) in [5.41, 5.74) is 1.55. The van der Waals surface area contributed by atoms with Crippen molar-refractivity contribution in [1.29, 1.82) is 0 Å². The number of hydrogen-bond acceptors (Lipinski definition) is 3. The van der Waals surface area contributed by atoms with E-state index in [0.29, 0.717) is 15.8 Å². The summed E-state index contributed by atoms with van der Waals surface area (Å²) in [5.74, 6) is -0.855. The Morgan fingerprint density at radius 1 is 1.04 bits per heavy atom. The van der Waals surface area contributed by atoms with Crippen molar-refractivity contribution in [2.45, 2.75) is 13.0 Å². The number of ether oxygens (including phenoxy) is 1. The minimum absolute atomic E-state index is 0.0769. The maximum absolute atomic E-state index is 11.6. The van der Waals surface area contributed by atoms with Crippen LogP contribution in [0.2, 0.25) is 10.0 Å². The molecule has 1 amide bonds.